The average Bonchev–Trinajstić information content (AvgIpc) is 2.64. The van der Waals surface area contributed by atoms with Gasteiger partial charge < -0.3 is 15.2 Å². The van der Waals surface area contributed by atoms with E-state index < -0.39 is 6.09 Å². The van der Waals surface area contributed by atoms with Gasteiger partial charge in [0.1, 0.15) is 5.75 Å². The van der Waals surface area contributed by atoms with Crippen LogP contribution in [0.5, 0.6) is 5.75 Å². The van der Waals surface area contributed by atoms with Gasteiger partial charge in [0.2, 0.25) is 0 Å². The number of methoxy groups -OCH3 is 1. The van der Waals surface area contributed by atoms with Crippen molar-refractivity contribution in [3.05, 3.63) is 53.1 Å². The summed E-state index contributed by atoms with van der Waals surface area (Å²) in [6.07, 6.45) is 3.10. The highest BCUT2D eigenvalue weighted by atomic mass is 16.5. The molecule has 27 heavy (non-hydrogen) atoms. The van der Waals surface area contributed by atoms with Crippen LogP contribution in [0.15, 0.2) is 36.4 Å². The number of hydrogen-bond acceptors (Lipinski definition) is 2. The van der Waals surface area contributed by atoms with E-state index in [2.05, 4.69) is 56.4 Å². The third kappa shape index (κ3) is 3.95. The van der Waals surface area contributed by atoms with Crippen molar-refractivity contribution in [1.82, 2.24) is 5.32 Å². The Labute approximate surface area is 161 Å². The Kier molecular flexibility index (Phi) is 5.45. The summed E-state index contributed by atoms with van der Waals surface area (Å²) in [6.45, 7) is 6.41. The second-order valence-electron chi connectivity index (χ2n) is 8.07. The van der Waals surface area contributed by atoms with Crippen molar-refractivity contribution in [2.75, 3.05) is 7.11 Å². The molecule has 2 aromatic rings. The van der Waals surface area contributed by atoms with E-state index in [-0.39, 0.29) is 11.5 Å². The number of ether oxygens (including phenoxy) is 1. The fraction of sp³-hybridized carbons (Fsp3) is 0.435. The molecule has 1 aliphatic carbocycles. The SMILES string of the molecule is CCCc1ccc(-c2cc3c(cc2OC)[C@@H](NC(=O)O)C(C)(C)CC3)cc1. The molecular weight excluding hydrogens is 338 g/mol. The molecule has 0 saturated heterocycles. The van der Waals surface area contributed by atoms with Crippen molar-refractivity contribution in [2.24, 2.45) is 5.41 Å². The maximum absolute atomic E-state index is 11.4. The Morgan fingerprint density at radius 1 is 1.26 bits per heavy atom. The molecule has 1 amide bonds. The number of benzene rings is 2. The van der Waals surface area contributed by atoms with Crippen LogP contribution in [0.2, 0.25) is 0 Å². The minimum atomic E-state index is -0.990. The molecule has 3 rings (SSSR count). The number of nitrogens with one attached hydrogen (secondary N) is 1. The lowest BCUT2D eigenvalue weighted by atomic mass is 9.70. The standard InChI is InChI=1S/C23H29NO3/c1-5-6-15-7-9-16(10-8-15)18-13-17-11-12-23(2,3)21(24-22(25)26)19(17)14-20(18)27-4/h7-10,13-14,21,24H,5-6,11-12H2,1-4H3,(H,25,26)/t21-/m1/s1. The second kappa shape index (κ2) is 7.63. The Hall–Kier alpha value is -2.49. The van der Waals surface area contributed by atoms with Gasteiger partial charge in [-0.25, -0.2) is 4.79 Å². The maximum atomic E-state index is 11.4. The van der Waals surface area contributed by atoms with E-state index in [0.29, 0.717) is 0 Å². The van der Waals surface area contributed by atoms with Gasteiger partial charge in [-0.2, -0.15) is 0 Å². The molecule has 0 radical (unpaired) electrons. The van der Waals surface area contributed by atoms with Crippen LogP contribution in [0.25, 0.3) is 11.1 Å². The molecule has 0 bridgehead atoms. The largest absolute Gasteiger partial charge is 0.496 e. The normalized spacial score (nSPS) is 17.9. The van der Waals surface area contributed by atoms with Crippen molar-refractivity contribution in [3.63, 3.8) is 0 Å². The van der Waals surface area contributed by atoms with E-state index in [4.69, 9.17) is 4.74 Å². The van der Waals surface area contributed by atoms with E-state index in [9.17, 15) is 9.90 Å². The Balaban J connectivity index is 2.05. The zero-order valence-electron chi connectivity index (χ0n) is 16.6. The van der Waals surface area contributed by atoms with Crippen LogP contribution < -0.4 is 10.1 Å². The lowest BCUT2D eigenvalue weighted by molar-refractivity contribution is 0.161. The Morgan fingerprint density at radius 3 is 2.56 bits per heavy atom. The molecule has 0 aromatic heterocycles. The zero-order chi connectivity index (χ0) is 19.6. The molecule has 1 aliphatic rings. The van der Waals surface area contributed by atoms with Crippen molar-refractivity contribution in [2.45, 2.75) is 52.5 Å². The summed E-state index contributed by atoms with van der Waals surface area (Å²) in [5.74, 6) is 0.784. The van der Waals surface area contributed by atoms with Crippen LogP contribution >= 0.6 is 0 Å². The summed E-state index contributed by atoms with van der Waals surface area (Å²) >= 11 is 0. The Bertz CT molecular complexity index is 824. The first-order valence-electron chi connectivity index (χ1n) is 9.65. The molecule has 0 saturated carbocycles. The number of aryl methyl sites for hydroxylation is 2. The monoisotopic (exact) mass is 367 g/mol. The highest BCUT2D eigenvalue weighted by molar-refractivity contribution is 5.73. The molecular formula is C23H29NO3. The zero-order valence-corrected chi connectivity index (χ0v) is 16.6. The van der Waals surface area contributed by atoms with Crippen molar-refractivity contribution in [1.29, 1.82) is 0 Å². The number of amides is 1. The molecule has 0 fully saturated rings. The molecule has 4 nitrogen and oxygen atoms in total. The number of fused-ring (bicyclic) bond motifs is 1. The highest BCUT2D eigenvalue weighted by Crippen LogP contribution is 2.46. The second-order valence-corrected chi connectivity index (χ2v) is 8.07. The lowest BCUT2D eigenvalue weighted by Gasteiger charge is -2.40. The van der Waals surface area contributed by atoms with Gasteiger partial charge in [-0.05, 0) is 59.1 Å². The van der Waals surface area contributed by atoms with Crippen LogP contribution in [0.1, 0.15) is 56.3 Å². The molecule has 0 aliphatic heterocycles. The predicted molar refractivity (Wildman–Crippen MR) is 108 cm³/mol. The van der Waals surface area contributed by atoms with E-state index in [1.165, 1.54) is 11.1 Å². The summed E-state index contributed by atoms with van der Waals surface area (Å²) < 4.78 is 5.69. The first-order chi connectivity index (χ1) is 12.9. The van der Waals surface area contributed by atoms with E-state index >= 15 is 0 Å². The maximum Gasteiger partial charge on any atom is 0.405 e. The van der Waals surface area contributed by atoms with Gasteiger partial charge >= 0.3 is 6.09 Å². The van der Waals surface area contributed by atoms with Crippen LogP contribution in [0.3, 0.4) is 0 Å². The molecule has 0 unspecified atom stereocenters. The molecule has 1 atom stereocenters. The van der Waals surface area contributed by atoms with Gasteiger partial charge in [-0.3, -0.25) is 0 Å². The summed E-state index contributed by atoms with van der Waals surface area (Å²) in [4.78, 5) is 11.4. The minimum Gasteiger partial charge on any atom is -0.496 e. The van der Waals surface area contributed by atoms with Gasteiger partial charge in [-0.15, -0.1) is 0 Å². The Morgan fingerprint density at radius 2 is 1.96 bits per heavy atom. The molecule has 2 aromatic carbocycles. The number of carboxylic acid groups (broad SMARTS) is 1. The third-order valence-electron chi connectivity index (χ3n) is 5.66. The highest BCUT2D eigenvalue weighted by Gasteiger charge is 2.37. The minimum absolute atomic E-state index is 0.139. The van der Waals surface area contributed by atoms with Gasteiger partial charge in [0.15, 0.2) is 0 Å². The average molecular weight is 367 g/mol. The third-order valence-corrected chi connectivity index (χ3v) is 5.66. The number of hydrogen-bond donors (Lipinski definition) is 2. The van der Waals surface area contributed by atoms with Crippen molar-refractivity contribution >= 4 is 6.09 Å². The van der Waals surface area contributed by atoms with Crippen LogP contribution in [0, 0.1) is 5.41 Å². The van der Waals surface area contributed by atoms with E-state index in [0.717, 1.165) is 48.1 Å². The summed E-state index contributed by atoms with van der Waals surface area (Å²) in [5, 5.41) is 12.0. The van der Waals surface area contributed by atoms with Gasteiger partial charge in [-0.1, -0.05) is 51.5 Å². The van der Waals surface area contributed by atoms with Gasteiger partial charge in [0.05, 0.1) is 13.2 Å². The number of rotatable bonds is 5. The predicted octanol–water partition coefficient (Wildman–Crippen LogP) is 5.60. The molecule has 4 heteroatoms. The van der Waals surface area contributed by atoms with E-state index in [1.807, 2.05) is 6.07 Å². The lowest BCUT2D eigenvalue weighted by Crippen LogP contribution is -2.40. The molecule has 0 heterocycles. The quantitative estimate of drug-likeness (QED) is 0.723. The molecule has 0 spiro atoms. The van der Waals surface area contributed by atoms with Crippen LogP contribution in [0.4, 0.5) is 4.79 Å². The van der Waals surface area contributed by atoms with Crippen LogP contribution in [-0.4, -0.2) is 18.3 Å². The smallest absolute Gasteiger partial charge is 0.405 e. The fourth-order valence-corrected chi connectivity index (χ4v) is 4.08. The first kappa shape index (κ1) is 19.3. The molecule has 2 N–H and O–H groups in total. The van der Waals surface area contributed by atoms with Gasteiger partial charge in [0.25, 0.3) is 0 Å². The van der Waals surface area contributed by atoms with Crippen LogP contribution in [-0.2, 0) is 12.8 Å². The first-order valence-corrected chi connectivity index (χ1v) is 9.65. The van der Waals surface area contributed by atoms with Gasteiger partial charge in [0, 0.05) is 5.56 Å². The topological polar surface area (TPSA) is 58.6 Å². The summed E-state index contributed by atoms with van der Waals surface area (Å²) in [6, 6.07) is 12.6. The molecule has 144 valence electrons. The summed E-state index contributed by atoms with van der Waals surface area (Å²) in [5.41, 5.74) is 5.61. The van der Waals surface area contributed by atoms with E-state index in [1.54, 1.807) is 7.11 Å². The fourth-order valence-electron chi connectivity index (χ4n) is 4.08. The summed E-state index contributed by atoms with van der Waals surface area (Å²) in [7, 11) is 1.67. The van der Waals surface area contributed by atoms with Crippen molar-refractivity contribution in [3.8, 4) is 16.9 Å². The van der Waals surface area contributed by atoms with Crippen molar-refractivity contribution < 1.29 is 14.6 Å². The number of carbonyl (C=O) groups is 1.